The first-order valence-electron chi connectivity index (χ1n) is 38.5. The summed E-state index contributed by atoms with van der Waals surface area (Å²) in [6.07, 6.45) is 21.4. The summed E-state index contributed by atoms with van der Waals surface area (Å²) in [5, 5.41) is 61.5. The molecule has 3 aliphatic carbocycles. The number of aromatic hydroxyl groups is 6. The number of benzene rings is 6. The number of phenols is 6. The lowest BCUT2D eigenvalue weighted by Gasteiger charge is -2.32. The van der Waals surface area contributed by atoms with Crippen LogP contribution >= 0.6 is 11.8 Å². The van der Waals surface area contributed by atoms with Crippen molar-refractivity contribution in [1.29, 1.82) is 0 Å². The fourth-order valence-corrected chi connectivity index (χ4v) is 14.6. The van der Waals surface area contributed by atoms with Crippen LogP contribution in [0.5, 0.6) is 57.5 Å². The fraction of sp³-hybridized carbons (Fsp3) is 0.545. The maximum atomic E-state index is 11.9. The summed E-state index contributed by atoms with van der Waals surface area (Å²) in [6.45, 7) is 23.6. The molecule has 0 aromatic heterocycles. The van der Waals surface area contributed by atoms with Gasteiger partial charge in [0.05, 0.1) is 13.2 Å². The van der Waals surface area contributed by atoms with Gasteiger partial charge in [-0.1, -0.05) is 172 Å². The summed E-state index contributed by atoms with van der Waals surface area (Å²) in [5.74, 6) is 4.81. The molecule has 2 unspecified atom stereocenters. The molecule has 6 aromatic rings. The summed E-state index contributed by atoms with van der Waals surface area (Å²) >= 11 is 1.49. The quantitative estimate of drug-likeness (QED) is 0.0159. The molecule has 0 spiro atoms. The third kappa shape index (κ3) is 28.3. The van der Waals surface area contributed by atoms with Gasteiger partial charge < -0.3 is 68.5 Å². The minimum absolute atomic E-state index is 0.180. The van der Waals surface area contributed by atoms with E-state index in [2.05, 4.69) is 24.3 Å². The van der Waals surface area contributed by atoms with Gasteiger partial charge in [-0.05, 0) is 204 Å². The van der Waals surface area contributed by atoms with E-state index in [1.165, 1.54) is 137 Å². The standard InChI is InChI=1S/C32H44O2.C28H38O8S.C28H38O8/c33-31-19-17-25(21-29(31)23-11-5-3-6-12-23)27-15-9-1-2-10-16-28(27)26-18-20-32(34)30(22-26)24-13-7-4-8-14-24;1-27(2,3)21-15-19(7-9-23(21)29)35-17-25(31)33-11-13-37-14-12-34-26(32)18-36-20-8-10-24(30)22(16-20)28(4,5)6;1-27(2,3)21-15-19(9-11-23(21)29)35-17-25(31)33-13-7-8-14-34-26(32)18-36-20-10-12-24(30)22(16-20)28(4,5)6/h17-24,27-28,33-34H,1-16H2;7-10,15-16,29-30H,11-14,17-18H2,1-6H3;9-12,15-16,29-30H,7-8,13-14,17-18H2,1-6H3. The van der Waals surface area contributed by atoms with Gasteiger partial charge in [-0.2, -0.15) is 11.8 Å². The van der Waals surface area contributed by atoms with Crippen molar-refractivity contribution in [2.45, 2.75) is 244 Å². The van der Waals surface area contributed by atoms with E-state index in [-0.39, 0.29) is 97.5 Å². The molecule has 107 heavy (non-hydrogen) atoms. The van der Waals surface area contributed by atoms with Crippen LogP contribution in [0.2, 0.25) is 0 Å². The van der Waals surface area contributed by atoms with Gasteiger partial charge in [0.1, 0.15) is 70.7 Å². The van der Waals surface area contributed by atoms with E-state index in [0.717, 1.165) is 22.3 Å². The highest BCUT2D eigenvalue weighted by atomic mass is 32.2. The van der Waals surface area contributed by atoms with Crippen LogP contribution in [-0.4, -0.2) is 119 Å². The molecule has 3 saturated carbocycles. The molecule has 3 aliphatic rings. The van der Waals surface area contributed by atoms with Crippen LogP contribution in [0.25, 0.3) is 0 Å². The average Bonchev–Trinajstić information content (AvgIpc) is 0.797. The van der Waals surface area contributed by atoms with Gasteiger partial charge in [-0.15, -0.1) is 0 Å². The minimum atomic E-state index is -0.505. The lowest BCUT2D eigenvalue weighted by Crippen LogP contribution is -2.18. The van der Waals surface area contributed by atoms with E-state index in [4.69, 9.17) is 37.9 Å². The molecule has 586 valence electrons. The Kier molecular flexibility index (Phi) is 33.0. The molecule has 19 heteroatoms. The predicted molar refractivity (Wildman–Crippen MR) is 421 cm³/mol. The molecule has 18 nitrogen and oxygen atoms in total. The van der Waals surface area contributed by atoms with Crippen molar-refractivity contribution in [2.75, 3.05) is 64.4 Å². The lowest BCUT2D eigenvalue weighted by atomic mass is 9.72. The van der Waals surface area contributed by atoms with E-state index in [0.29, 0.717) is 82.5 Å². The third-order valence-corrected chi connectivity index (χ3v) is 20.8. The predicted octanol–water partition coefficient (Wildman–Crippen LogP) is 19.4. The summed E-state index contributed by atoms with van der Waals surface area (Å²) in [4.78, 5) is 47.7. The zero-order valence-electron chi connectivity index (χ0n) is 65.5. The molecule has 2 atom stereocenters. The molecule has 0 bridgehead atoms. The van der Waals surface area contributed by atoms with Crippen molar-refractivity contribution in [3.8, 4) is 57.5 Å². The Morgan fingerprint density at radius 2 is 0.579 bits per heavy atom. The number of phenolic OH excluding ortho intramolecular Hbond substituents is 6. The van der Waals surface area contributed by atoms with Crippen molar-refractivity contribution in [3.05, 3.63) is 154 Å². The Balaban J connectivity index is 0.000000224. The van der Waals surface area contributed by atoms with Crippen molar-refractivity contribution >= 4 is 35.6 Å². The van der Waals surface area contributed by atoms with E-state index in [1.807, 2.05) is 95.2 Å². The number of rotatable bonds is 27. The number of unbranched alkanes of at least 4 members (excludes halogenated alkanes) is 1. The van der Waals surface area contributed by atoms with Gasteiger partial charge in [-0.25, -0.2) is 19.2 Å². The molecule has 3 fully saturated rings. The first-order valence-corrected chi connectivity index (χ1v) is 39.6. The second-order valence-corrected chi connectivity index (χ2v) is 33.8. The van der Waals surface area contributed by atoms with Gasteiger partial charge in [0, 0.05) is 33.8 Å². The number of hydrogen-bond donors (Lipinski definition) is 6. The molecule has 9 rings (SSSR count). The average molecular weight is 1500 g/mol. The van der Waals surface area contributed by atoms with Gasteiger partial charge in [0.2, 0.25) is 0 Å². The SMILES string of the molecule is CC(C)(C)c1cc(OCC(=O)OCCCCOC(=O)COc2ccc(O)c(C(C)(C)C)c2)ccc1O.CC(C)(C)c1cc(OCC(=O)OCCSCCOC(=O)COc2ccc(O)c(C(C)(C)C)c2)ccc1O.Oc1ccc(C2CCCCCCC2c2ccc(O)c(C3CCCCC3)c2)cc1C1CCCCC1. The zero-order valence-corrected chi connectivity index (χ0v) is 66.3. The van der Waals surface area contributed by atoms with Crippen LogP contribution in [0.15, 0.2) is 109 Å². The maximum absolute atomic E-state index is 11.9. The number of carbonyl (C=O) groups is 4. The number of ether oxygens (including phenoxy) is 8. The minimum Gasteiger partial charge on any atom is -0.508 e. The molecular weight excluding hydrogens is 1380 g/mol. The highest BCUT2D eigenvalue weighted by Gasteiger charge is 2.31. The van der Waals surface area contributed by atoms with Crippen molar-refractivity contribution in [3.63, 3.8) is 0 Å². The Morgan fingerprint density at radius 3 is 0.860 bits per heavy atom. The molecule has 0 radical (unpaired) electrons. The van der Waals surface area contributed by atoms with Crippen LogP contribution in [0.1, 0.15) is 267 Å². The van der Waals surface area contributed by atoms with Crippen molar-refractivity contribution in [2.24, 2.45) is 0 Å². The molecule has 0 amide bonds. The number of carbonyl (C=O) groups excluding carboxylic acids is 4. The normalized spacial score (nSPS) is 16.0. The van der Waals surface area contributed by atoms with Crippen LogP contribution in [0.3, 0.4) is 0 Å². The third-order valence-electron chi connectivity index (χ3n) is 19.9. The van der Waals surface area contributed by atoms with E-state index >= 15 is 0 Å². The molecule has 0 saturated heterocycles. The largest absolute Gasteiger partial charge is 0.508 e. The van der Waals surface area contributed by atoms with E-state index < -0.39 is 23.9 Å². The number of hydrogen-bond acceptors (Lipinski definition) is 19. The first-order chi connectivity index (χ1) is 50.7. The monoisotopic (exact) mass is 1500 g/mol. The molecular formula is C88H120O18S. The van der Waals surface area contributed by atoms with Crippen LogP contribution in [-0.2, 0) is 59.8 Å². The van der Waals surface area contributed by atoms with Crippen LogP contribution < -0.4 is 18.9 Å². The van der Waals surface area contributed by atoms with Gasteiger partial charge >= 0.3 is 23.9 Å². The smallest absolute Gasteiger partial charge is 0.344 e. The zero-order chi connectivity index (χ0) is 77.9. The highest BCUT2D eigenvalue weighted by Crippen LogP contribution is 2.48. The van der Waals surface area contributed by atoms with Crippen LogP contribution in [0, 0.1) is 0 Å². The number of thioether (sulfide) groups is 1. The van der Waals surface area contributed by atoms with Gasteiger partial charge in [-0.3, -0.25) is 0 Å². The summed E-state index contributed by atoms with van der Waals surface area (Å²) in [5.41, 5.74) is 7.14. The molecule has 0 heterocycles. The van der Waals surface area contributed by atoms with E-state index in [9.17, 15) is 49.8 Å². The van der Waals surface area contributed by atoms with Gasteiger partial charge in [0.15, 0.2) is 26.4 Å². The fourth-order valence-electron chi connectivity index (χ4n) is 14.0. The maximum Gasteiger partial charge on any atom is 0.344 e. The first kappa shape index (κ1) is 85.8. The Morgan fingerprint density at radius 1 is 0.327 bits per heavy atom. The van der Waals surface area contributed by atoms with Crippen LogP contribution in [0.4, 0.5) is 0 Å². The van der Waals surface area contributed by atoms with Crippen molar-refractivity contribution in [1.82, 2.24) is 0 Å². The molecule has 0 aliphatic heterocycles. The Bertz CT molecular complexity index is 3560. The Labute approximate surface area is 639 Å². The summed E-state index contributed by atoms with van der Waals surface area (Å²) in [7, 11) is 0. The van der Waals surface area contributed by atoms with E-state index in [1.54, 1.807) is 72.8 Å². The second-order valence-electron chi connectivity index (χ2n) is 32.6. The Hall–Kier alpha value is -8.45. The molecule has 6 aromatic carbocycles. The lowest BCUT2D eigenvalue weighted by molar-refractivity contribution is -0.148. The van der Waals surface area contributed by atoms with Crippen molar-refractivity contribution < 1.29 is 87.7 Å². The molecule has 6 N–H and O–H groups in total. The number of esters is 4. The second kappa shape index (κ2) is 41.2. The van der Waals surface area contributed by atoms with Gasteiger partial charge in [0.25, 0.3) is 0 Å². The summed E-state index contributed by atoms with van der Waals surface area (Å²) < 4.78 is 42.6. The summed E-state index contributed by atoms with van der Waals surface area (Å²) in [6, 6.07) is 32.6. The highest BCUT2D eigenvalue weighted by molar-refractivity contribution is 7.99. The topological polar surface area (TPSA) is 263 Å².